The standard InChI is InChI=1S/C13H20N2/c1-14(2)12-7-4-6-11(10-12)13-8-5-9-15(13)3/h4,6-7,10,13H,5,8-9H2,1-3H3. The molecule has 0 bridgehead atoms. The van der Waals surface area contributed by atoms with E-state index in [1.807, 2.05) is 0 Å². The normalized spacial score (nSPS) is 21.9. The minimum absolute atomic E-state index is 0.630. The fraction of sp³-hybridized carbons (Fsp3) is 0.538. The predicted octanol–water partition coefficient (Wildman–Crippen LogP) is 2.52. The van der Waals surface area contributed by atoms with Crippen LogP contribution in [-0.2, 0) is 0 Å². The Bertz CT molecular complexity index is 333. The van der Waals surface area contributed by atoms with Gasteiger partial charge in [-0.15, -0.1) is 0 Å². The number of hydrogen-bond acceptors (Lipinski definition) is 2. The van der Waals surface area contributed by atoms with E-state index in [1.165, 1.54) is 30.6 Å². The lowest BCUT2D eigenvalue weighted by Gasteiger charge is -2.21. The van der Waals surface area contributed by atoms with Gasteiger partial charge in [0.05, 0.1) is 0 Å². The topological polar surface area (TPSA) is 6.48 Å². The Labute approximate surface area is 92.5 Å². The smallest absolute Gasteiger partial charge is 0.0364 e. The largest absolute Gasteiger partial charge is 0.378 e. The van der Waals surface area contributed by atoms with Crippen LogP contribution in [0.2, 0.25) is 0 Å². The average molecular weight is 204 g/mol. The maximum Gasteiger partial charge on any atom is 0.0364 e. The average Bonchev–Trinajstić information content (AvgIpc) is 2.64. The first kappa shape index (κ1) is 10.5. The first-order chi connectivity index (χ1) is 7.18. The van der Waals surface area contributed by atoms with Crippen LogP contribution in [0.4, 0.5) is 5.69 Å². The molecule has 0 aromatic heterocycles. The molecule has 1 heterocycles. The maximum absolute atomic E-state index is 2.45. The van der Waals surface area contributed by atoms with Crippen molar-refractivity contribution in [1.82, 2.24) is 4.90 Å². The molecule has 0 saturated carbocycles. The zero-order valence-corrected chi connectivity index (χ0v) is 9.90. The van der Waals surface area contributed by atoms with E-state index in [1.54, 1.807) is 0 Å². The van der Waals surface area contributed by atoms with Crippen LogP contribution in [0.25, 0.3) is 0 Å². The van der Waals surface area contributed by atoms with Crippen LogP contribution in [0.1, 0.15) is 24.4 Å². The molecule has 2 nitrogen and oxygen atoms in total. The third-order valence-electron chi connectivity index (χ3n) is 3.29. The van der Waals surface area contributed by atoms with Gasteiger partial charge in [-0.2, -0.15) is 0 Å². The minimum Gasteiger partial charge on any atom is -0.378 e. The molecule has 1 aromatic rings. The lowest BCUT2D eigenvalue weighted by atomic mass is 10.0. The Balaban J connectivity index is 2.24. The van der Waals surface area contributed by atoms with Gasteiger partial charge in [-0.25, -0.2) is 0 Å². The molecule has 0 amide bonds. The van der Waals surface area contributed by atoms with Crippen LogP contribution in [-0.4, -0.2) is 32.6 Å². The van der Waals surface area contributed by atoms with E-state index in [-0.39, 0.29) is 0 Å². The Morgan fingerprint density at radius 2 is 2.13 bits per heavy atom. The molecule has 1 aromatic carbocycles. The minimum atomic E-state index is 0.630. The van der Waals surface area contributed by atoms with Gasteiger partial charge in [-0.1, -0.05) is 12.1 Å². The summed E-state index contributed by atoms with van der Waals surface area (Å²) in [6.45, 7) is 1.23. The van der Waals surface area contributed by atoms with Crippen molar-refractivity contribution in [2.75, 3.05) is 32.6 Å². The van der Waals surface area contributed by atoms with Gasteiger partial charge in [0.1, 0.15) is 0 Å². The van der Waals surface area contributed by atoms with Crippen molar-refractivity contribution in [3.05, 3.63) is 29.8 Å². The van der Waals surface area contributed by atoms with Crippen molar-refractivity contribution in [2.24, 2.45) is 0 Å². The summed E-state index contributed by atoms with van der Waals surface area (Å²) in [5.74, 6) is 0. The molecule has 2 rings (SSSR count). The third kappa shape index (κ3) is 2.15. The van der Waals surface area contributed by atoms with Crippen molar-refractivity contribution in [3.8, 4) is 0 Å². The summed E-state index contributed by atoms with van der Waals surface area (Å²) in [6.07, 6.45) is 2.63. The Morgan fingerprint density at radius 1 is 1.33 bits per heavy atom. The summed E-state index contributed by atoms with van der Waals surface area (Å²) in [4.78, 5) is 4.62. The van der Waals surface area contributed by atoms with E-state index in [4.69, 9.17) is 0 Å². The van der Waals surface area contributed by atoms with Crippen LogP contribution in [0, 0.1) is 0 Å². The van der Waals surface area contributed by atoms with Crippen LogP contribution in [0.15, 0.2) is 24.3 Å². The second-order valence-electron chi connectivity index (χ2n) is 4.63. The number of likely N-dealkylation sites (tertiary alicyclic amines) is 1. The summed E-state index contributed by atoms with van der Waals surface area (Å²) >= 11 is 0. The molecule has 1 fully saturated rings. The van der Waals surface area contributed by atoms with Crippen LogP contribution in [0.3, 0.4) is 0 Å². The summed E-state index contributed by atoms with van der Waals surface area (Å²) in [7, 11) is 6.41. The fourth-order valence-corrected chi connectivity index (χ4v) is 2.34. The molecule has 1 unspecified atom stereocenters. The van der Waals surface area contributed by atoms with Gasteiger partial charge in [0.2, 0.25) is 0 Å². The van der Waals surface area contributed by atoms with Gasteiger partial charge in [0, 0.05) is 25.8 Å². The second kappa shape index (κ2) is 4.23. The van der Waals surface area contributed by atoms with Gasteiger partial charge >= 0.3 is 0 Å². The van der Waals surface area contributed by atoms with Gasteiger partial charge in [-0.05, 0) is 44.1 Å². The Morgan fingerprint density at radius 3 is 2.73 bits per heavy atom. The Hall–Kier alpha value is -1.02. The zero-order chi connectivity index (χ0) is 10.8. The van der Waals surface area contributed by atoms with E-state index in [2.05, 4.69) is 55.2 Å². The van der Waals surface area contributed by atoms with Gasteiger partial charge in [-0.3, -0.25) is 4.90 Å². The number of benzene rings is 1. The van der Waals surface area contributed by atoms with Crippen LogP contribution in [0.5, 0.6) is 0 Å². The molecular weight excluding hydrogens is 184 g/mol. The summed E-state index contributed by atoms with van der Waals surface area (Å²) in [6, 6.07) is 9.52. The highest BCUT2D eigenvalue weighted by molar-refractivity contribution is 5.47. The van der Waals surface area contributed by atoms with Crippen molar-refractivity contribution in [2.45, 2.75) is 18.9 Å². The fourth-order valence-electron chi connectivity index (χ4n) is 2.34. The quantitative estimate of drug-likeness (QED) is 0.730. The molecule has 0 radical (unpaired) electrons. The molecule has 2 heteroatoms. The molecule has 1 aliphatic heterocycles. The molecule has 82 valence electrons. The van der Waals surface area contributed by atoms with Crippen molar-refractivity contribution in [1.29, 1.82) is 0 Å². The van der Waals surface area contributed by atoms with E-state index in [9.17, 15) is 0 Å². The molecular formula is C13H20N2. The lowest BCUT2D eigenvalue weighted by Crippen LogP contribution is -2.18. The van der Waals surface area contributed by atoms with Gasteiger partial charge in [0.15, 0.2) is 0 Å². The van der Waals surface area contributed by atoms with E-state index in [0.29, 0.717) is 6.04 Å². The Kier molecular flexibility index (Phi) is 2.96. The van der Waals surface area contributed by atoms with Crippen molar-refractivity contribution >= 4 is 5.69 Å². The number of hydrogen-bond donors (Lipinski definition) is 0. The number of nitrogens with zero attached hydrogens (tertiary/aromatic N) is 2. The summed E-state index contributed by atoms with van der Waals surface area (Å²) < 4.78 is 0. The van der Waals surface area contributed by atoms with Crippen molar-refractivity contribution < 1.29 is 0 Å². The first-order valence-corrected chi connectivity index (χ1v) is 5.66. The first-order valence-electron chi connectivity index (χ1n) is 5.66. The number of rotatable bonds is 2. The number of anilines is 1. The lowest BCUT2D eigenvalue weighted by molar-refractivity contribution is 0.317. The van der Waals surface area contributed by atoms with Crippen LogP contribution >= 0.6 is 0 Å². The molecule has 1 saturated heterocycles. The molecule has 0 N–H and O–H groups in total. The molecule has 0 spiro atoms. The molecule has 1 atom stereocenters. The van der Waals surface area contributed by atoms with Gasteiger partial charge < -0.3 is 4.90 Å². The van der Waals surface area contributed by atoms with E-state index >= 15 is 0 Å². The zero-order valence-electron chi connectivity index (χ0n) is 9.90. The van der Waals surface area contributed by atoms with E-state index in [0.717, 1.165) is 0 Å². The third-order valence-corrected chi connectivity index (χ3v) is 3.29. The van der Waals surface area contributed by atoms with E-state index < -0.39 is 0 Å². The molecule has 15 heavy (non-hydrogen) atoms. The second-order valence-corrected chi connectivity index (χ2v) is 4.63. The highest BCUT2D eigenvalue weighted by Crippen LogP contribution is 2.31. The van der Waals surface area contributed by atoms with Gasteiger partial charge in [0.25, 0.3) is 0 Å². The predicted molar refractivity (Wildman–Crippen MR) is 65.4 cm³/mol. The van der Waals surface area contributed by atoms with Crippen LogP contribution < -0.4 is 4.90 Å². The summed E-state index contributed by atoms with van der Waals surface area (Å²) in [5.41, 5.74) is 2.76. The van der Waals surface area contributed by atoms with Crippen molar-refractivity contribution in [3.63, 3.8) is 0 Å². The molecule has 0 aliphatic carbocycles. The highest BCUT2D eigenvalue weighted by atomic mass is 15.1. The SMILES string of the molecule is CN(C)c1cccc(C2CCCN2C)c1. The highest BCUT2D eigenvalue weighted by Gasteiger charge is 2.22. The monoisotopic (exact) mass is 204 g/mol. The summed E-state index contributed by atoms with van der Waals surface area (Å²) in [5, 5.41) is 0. The molecule has 1 aliphatic rings. The maximum atomic E-state index is 2.45.